The Hall–Kier alpha value is -1.95. The van der Waals surface area contributed by atoms with Crippen molar-refractivity contribution in [3.63, 3.8) is 0 Å². The molecule has 27 heavy (non-hydrogen) atoms. The molecule has 0 radical (unpaired) electrons. The van der Waals surface area contributed by atoms with E-state index in [4.69, 9.17) is 4.74 Å². The monoisotopic (exact) mass is 389 g/mol. The van der Waals surface area contributed by atoms with Crippen LogP contribution in [0.25, 0.3) is 0 Å². The fourth-order valence-electron chi connectivity index (χ4n) is 4.27. The zero-order valence-electron chi connectivity index (χ0n) is 17.4. The molecule has 1 fully saturated rings. The Morgan fingerprint density at radius 1 is 1.26 bits per heavy atom. The molecule has 0 N–H and O–H groups in total. The zero-order chi connectivity index (χ0) is 20.6. The molecule has 1 aliphatic rings. The lowest BCUT2D eigenvalue weighted by Crippen LogP contribution is -2.58. The average Bonchev–Trinajstić information content (AvgIpc) is 2.77. The lowest BCUT2D eigenvalue weighted by molar-refractivity contribution is -0.130. The zero-order valence-corrected chi connectivity index (χ0v) is 18.4. The molecule has 2 rings (SSSR count). The summed E-state index contributed by atoms with van der Waals surface area (Å²) in [5.74, 6) is -0.632. The van der Waals surface area contributed by atoms with E-state index in [2.05, 4.69) is 32.2 Å². The fourth-order valence-corrected chi connectivity index (χ4v) is 8.20. The molecule has 0 aliphatic carbocycles. The van der Waals surface area contributed by atoms with Gasteiger partial charge in [-0.25, -0.2) is 9.69 Å². The molecule has 0 spiro atoms. The summed E-state index contributed by atoms with van der Waals surface area (Å²) in [6, 6.07) is 9.63. The van der Waals surface area contributed by atoms with Crippen LogP contribution in [0.4, 0.5) is 4.79 Å². The Bertz CT molecular complexity index is 725. The predicted molar refractivity (Wildman–Crippen MR) is 109 cm³/mol. The molecule has 1 aliphatic heterocycles. The minimum Gasteiger partial charge on any atom is -0.443 e. The number of amides is 2. The van der Waals surface area contributed by atoms with Gasteiger partial charge in [0.25, 0.3) is 0 Å². The summed E-state index contributed by atoms with van der Waals surface area (Å²) in [5.41, 5.74) is -0.711. The molecule has 1 heterocycles. The van der Waals surface area contributed by atoms with Crippen LogP contribution in [0.1, 0.15) is 41.0 Å². The molecule has 0 unspecified atom stereocenters. The molecule has 1 aromatic carbocycles. The number of likely N-dealkylation sites (tertiary alicyclic amines) is 1. The average molecular weight is 390 g/mol. The minimum absolute atomic E-state index is 0.120. The van der Waals surface area contributed by atoms with Gasteiger partial charge in [-0.15, -0.1) is 0 Å². The van der Waals surface area contributed by atoms with Crippen molar-refractivity contribution in [2.45, 2.75) is 70.8 Å². The van der Waals surface area contributed by atoms with Gasteiger partial charge in [-0.05, 0) is 25.8 Å². The van der Waals surface area contributed by atoms with Gasteiger partial charge in [0.15, 0.2) is 0 Å². The lowest BCUT2D eigenvalue weighted by Gasteiger charge is -2.46. The van der Waals surface area contributed by atoms with E-state index < -0.39 is 30.8 Å². The highest BCUT2D eigenvalue weighted by Crippen LogP contribution is 2.56. The maximum absolute atomic E-state index is 13.1. The lowest BCUT2D eigenvalue weighted by atomic mass is 9.90. The van der Waals surface area contributed by atoms with E-state index in [1.54, 1.807) is 20.8 Å². The first kappa shape index (κ1) is 21.3. The Balaban J connectivity index is 2.56. The standard InChI is InChI=1S/C21H31NO4Si/c1-15-18(24)22(19(25)26-20(2,3)4)17(13-14-23)21(15,5)27(6,7)16-11-9-8-10-12-16/h8-12,14-15,17H,13H2,1-7H3/t15-,17-,21+/m0/s1. The van der Waals surface area contributed by atoms with Gasteiger partial charge >= 0.3 is 6.09 Å². The van der Waals surface area contributed by atoms with E-state index in [1.807, 2.05) is 25.1 Å². The molecule has 1 aromatic rings. The van der Waals surface area contributed by atoms with Crippen molar-refractivity contribution in [3.8, 4) is 0 Å². The largest absolute Gasteiger partial charge is 0.443 e. The molecule has 0 saturated carbocycles. The minimum atomic E-state index is -2.25. The predicted octanol–water partition coefficient (Wildman–Crippen LogP) is 3.73. The van der Waals surface area contributed by atoms with Crippen LogP contribution in [0.3, 0.4) is 0 Å². The summed E-state index contributed by atoms with van der Waals surface area (Å²) < 4.78 is 5.49. The Morgan fingerprint density at radius 3 is 2.30 bits per heavy atom. The van der Waals surface area contributed by atoms with Gasteiger partial charge in [-0.2, -0.15) is 0 Å². The third-order valence-electron chi connectivity index (χ3n) is 6.26. The number of ether oxygens (including phenoxy) is 1. The van der Waals surface area contributed by atoms with Crippen molar-refractivity contribution in [3.05, 3.63) is 30.3 Å². The maximum atomic E-state index is 13.1. The van der Waals surface area contributed by atoms with Crippen LogP contribution < -0.4 is 5.19 Å². The number of rotatable bonds is 4. The summed E-state index contributed by atoms with van der Waals surface area (Å²) in [5, 5.41) is 0.706. The molecule has 2 amide bonds. The molecule has 5 nitrogen and oxygen atoms in total. The van der Waals surface area contributed by atoms with E-state index in [1.165, 1.54) is 10.1 Å². The number of imide groups is 1. The van der Waals surface area contributed by atoms with Crippen molar-refractivity contribution in [2.24, 2.45) is 5.92 Å². The second-order valence-electron chi connectivity index (χ2n) is 9.10. The Labute approximate surface area is 163 Å². The summed E-state index contributed by atoms with van der Waals surface area (Å²) in [6.45, 7) is 13.7. The first-order valence-electron chi connectivity index (χ1n) is 9.43. The first-order valence-corrected chi connectivity index (χ1v) is 12.4. The summed E-state index contributed by atoms with van der Waals surface area (Å²) in [6.07, 6.45) is 0.267. The van der Waals surface area contributed by atoms with Crippen molar-refractivity contribution in [1.82, 2.24) is 4.90 Å². The van der Waals surface area contributed by atoms with Crippen molar-refractivity contribution >= 4 is 31.5 Å². The van der Waals surface area contributed by atoms with Crippen molar-refractivity contribution in [1.29, 1.82) is 0 Å². The van der Waals surface area contributed by atoms with Gasteiger partial charge in [0.05, 0.1) is 14.1 Å². The quantitative estimate of drug-likeness (QED) is 0.581. The van der Waals surface area contributed by atoms with Crippen LogP contribution in [0.5, 0.6) is 0 Å². The Morgan fingerprint density at radius 2 is 1.81 bits per heavy atom. The summed E-state index contributed by atoms with van der Waals surface area (Å²) in [4.78, 5) is 38.7. The topological polar surface area (TPSA) is 63.7 Å². The second-order valence-corrected chi connectivity index (χ2v) is 14.0. The molecule has 6 heteroatoms. The molecule has 0 bridgehead atoms. The third kappa shape index (κ3) is 3.59. The Kier molecular flexibility index (Phi) is 5.71. The highest BCUT2D eigenvalue weighted by Gasteiger charge is 2.63. The molecular formula is C21H31NO4Si. The summed E-state index contributed by atoms with van der Waals surface area (Å²) >= 11 is 0. The normalized spacial score (nSPS) is 26.2. The van der Waals surface area contributed by atoms with Crippen LogP contribution in [0.15, 0.2) is 30.3 Å². The number of carbonyl (C=O) groups is 3. The summed E-state index contributed by atoms with van der Waals surface area (Å²) in [7, 11) is -2.25. The van der Waals surface area contributed by atoms with Gasteiger partial charge in [0.2, 0.25) is 5.91 Å². The number of benzene rings is 1. The van der Waals surface area contributed by atoms with Gasteiger partial charge in [0.1, 0.15) is 11.9 Å². The number of nitrogens with zero attached hydrogens (tertiary/aromatic N) is 1. The maximum Gasteiger partial charge on any atom is 0.417 e. The third-order valence-corrected chi connectivity index (χ3v) is 11.5. The molecule has 148 valence electrons. The van der Waals surface area contributed by atoms with Crippen molar-refractivity contribution in [2.75, 3.05) is 0 Å². The number of carbonyl (C=O) groups excluding carboxylic acids is 3. The van der Waals surface area contributed by atoms with Gasteiger partial charge < -0.3 is 9.53 Å². The van der Waals surface area contributed by atoms with Crippen molar-refractivity contribution < 1.29 is 19.1 Å². The van der Waals surface area contributed by atoms with E-state index in [-0.39, 0.29) is 18.2 Å². The smallest absolute Gasteiger partial charge is 0.417 e. The second kappa shape index (κ2) is 7.22. The number of aldehydes is 1. The van der Waals surface area contributed by atoms with E-state index in [0.717, 1.165) is 6.29 Å². The van der Waals surface area contributed by atoms with E-state index in [9.17, 15) is 14.4 Å². The highest BCUT2D eigenvalue weighted by atomic mass is 28.3. The van der Waals surface area contributed by atoms with E-state index >= 15 is 0 Å². The van der Waals surface area contributed by atoms with Gasteiger partial charge in [0, 0.05) is 12.3 Å². The van der Waals surface area contributed by atoms with Crippen LogP contribution in [0, 0.1) is 5.92 Å². The van der Waals surface area contributed by atoms with Crippen LogP contribution >= 0.6 is 0 Å². The molecule has 1 saturated heterocycles. The number of hydrogen-bond acceptors (Lipinski definition) is 4. The molecule has 0 aromatic heterocycles. The van der Waals surface area contributed by atoms with Crippen LogP contribution in [0.2, 0.25) is 18.1 Å². The highest BCUT2D eigenvalue weighted by molar-refractivity contribution is 6.92. The molecule has 3 atom stereocenters. The van der Waals surface area contributed by atoms with E-state index in [0.29, 0.717) is 0 Å². The van der Waals surface area contributed by atoms with Gasteiger partial charge in [-0.3, -0.25) is 4.79 Å². The number of hydrogen-bond donors (Lipinski definition) is 0. The SMILES string of the molecule is C[C@H]1C(=O)N(C(=O)OC(C)(C)C)[C@@H](CC=O)[C@]1(C)[Si](C)(C)c1ccccc1. The van der Waals surface area contributed by atoms with Crippen LogP contribution in [-0.2, 0) is 14.3 Å². The van der Waals surface area contributed by atoms with Gasteiger partial charge in [-0.1, -0.05) is 62.5 Å². The first-order chi connectivity index (χ1) is 12.4. The van der Waals surface area contributed by atoms with Crippen LogP contribution in [-0.4, -0.2) is 42.9 Å². The fraction of sp³-hybridized carbons (Fsp3) is 0.571. The molecular weight excluding hydrogens is 358 g/mol.